The van der Waals surface area contributed by atoms with Crippen LogP contribution in [-0.4, -0.2) is 34.9 Å². The molecule has 1 aliphatic rings. The molecule has 1 aromatic heterocycles. The lowest BCUT2D eigenvalue weighted by molar-refractivity contribution is -0.117. The zero-order valence-electron chi connectivity index (χ0n) is 15.2. The standard InChI is InChI=1S/C22H23N3O2/c26-21(10-11-22-24-19-8-4-5-9-20(19)27-22)23-18-12-14-25(15-13-18)16-17-6-2-1-3-7-17/h1-11,18H,12-16H2,(H,23,26)/b11-10+. The van der Waals surface area contributed by atoms with Gasteiger partial charge in [-0.2, -0.15) is 0 Å². The van der Waals surface area contributed by atoms with E-state index in [1.165, 1.54) is 11.6 Å². The molecule has 0 unspecified atom stereocenters. The number of likely N-dealkylation sites (tertiary alicyclic amines) is 1. The first-order valence-electron chi connectivity index (χ1n) is 9.37. The van der Waals surface area contributed by atoms with Crippen LogP contribution in [0.3, 0.4) is 0 Å². The number of piperidine rings is 1. The van der Waals surface area contributed by atoms with Gasteiger partial charge in [0.15, 0.2) is 5.58 Å². The smallest absolute Gasteiger partial charge is 0.244 e. The Bertz CT molecular complexity index is 892. The van der Waals surface area contributed by atoms with Gasteiger partial charge in [0.2, 0.25) is 11.8 Å². The van der Waals surface area contributed by atoms with Crippen molar-refractivity contribution in [2.45, 2.75) is 25.4 Å². The molecule has 1 fully saturated rings. The molecule has 27 heavy (non-hydrogen) atoms. The second-order valence-electron chi connectivity index (χ2n) is 6.90. The maximum atomic E-state index is 12.2. The molecule has 5 nitrogen and oxygen atoms in total. The van der Waals surface area contributed by atoms with Gasteiger partial charge in [0.1, 0.15) is 5.52 Å². The Morgan fingerprint density at radius 2 is 1.85 bits per heavy atom. The predicted octanol–water partition coefficient (Wildman–Crippen LogP) is 3.62. The predicted molar refractivity (Wildman–Crippen MR) is 106 cm³/mol. The minimum atomic E-state index is -0.0984. The van der Waals surface area contributed by atoms with E-state index in [0.29, 0.717) is 5.89 Å². The molecule has 0 saturated carbocycles. The normalized spacial score (nSPS) is 16.1. The monoisotopic (exact) mass is 361 g/mol. The van der Waals surface area contributed by atoms with Gasteiger partial charge in [0.05, 0.1) is 0 Å². The Labute approximate surface area is 158 Å². The van der Waals surface area contributed by atoms with Gasteiger partial charge < -0.3 is 9.73 Å². The number of carbonyl (C=O) groups is 1. The van der Waals surface area contributed by atoms with Crippen LogP contribution in [0, 0.1) is 0 Å². The van der Waals surface area contributed by atoms with Crippen LogP contribution in [0.2, 0.25) is 0 Å². The van der Waals surface area contributed by atoms with Gasteiger partial charge in [-0.3, -0.25) is 9.69 Å². The number of rotatable bonds is 5. The van der Waals surface area contributed by atoms with Crippen LogP contribution >= 0.6 is 0 Å². The number of nitrogens with zero attached hydrogens (tertiary/aromatic N) is 2. The van der Waals surface area contributed by atoms with E-state index in [2.05, 4.69) is 39.5 Å². The van der Waals surface area contributed by atoms with Crippen molar-refractivity contribution in [1.82, 2.24) is 15.2 Å². The molecular weight excluding hydrogens is 338 g/mol. The molecule has 3 aromatic rings. The summed E-state index contributed by atoms with van der Waals surface area (Å²) >= 11 is 0. The summed E-state index contributed by atoms with van der Waals surface area (Å²) in [5.74, 6) is 0.350. The van der Waals surface area contributed by atoms with Gasteiger partial charge in [-0.05, 0) is 30.5 Å². The average molecular weight is 361 g/mol. The fourth-order valence-corrected chi connectivity index (χ4v) is 3.43. The highest BCUT2D eigenvalue weighted by atomic mass is 16.3. The third-order valence-corrected chi connectivity index (χ3v) is 4.87. The Morgan fingerprint density at radius 3 is 2.63 bits per heavy atom. The molecule has 4 rings (SSSR count). The van der Waals surface area contributed by atoms with E-state index in [1.54, 1.807) is 6.08 Å². The number of oxazole rings is 1. The van der Waals surface area contributed by atoms with E-state index in [1.807, 2.05) is 30.3 Å². The lowest BCUT2D eigenvalue weighted by atomic mass is 10.0. The van der Waals surface area contributed by atoms with Crippen LogP contribution < -0.4 is 5.32 Å². The van der Waals surface area contributed by atoms with Crippen molar-refractivity contribution in [3.63, 3.8) is 0 Å². The molecule has 0 aliphatic carbocycles. The first kappa shape index (κ1) is 17.5. The highest BCUT2D eigenvalue weighted by Crippen LogP contribution is 2.16. The second kappa shape index (κ2) is 8.18. The molecule has 0 radical (unpaired) electrons. The van der Waals surface area contributed by atoms with Crippen LogP contribution in [0.4, 0.5) is 0 Å². The summed E-state index contributed by atoms with van der Waals surface area (Å²) in [7, 11) is 0. The van der Waals surface area contributed by atoms with Gasteiger partial charge in [-0.25, -0.2) is 4.98 Å². The Kier molecular flexibility index (Phi) is 5.30. The molecule has 1 saturated heterocycles. The van der Waals surface area contributed by atoms with E-state index in [-0.39, 0.29) is 11.9 Å². The summed E-state index contributed by atoms with van der Waals surface area (Å²) in [6, 6.07) is 18.3. The molecule has 1 amide bonds. The number of benzene rings is 2. The maximum absolute atomic E-state index is 12.2. The number of fused-ring (bicyclic) bond motifs is 1. The molecular formula is C22H23N3O2. The lowest BCUT2D eigenvalue weighted by Gasteiger charge is -2.32. The van der Waals surface area contributed by atoms with Gasteiger partial charge in [-0.1, -0.05) is 42.5 Å². The van der Waals surface area contributed by atoms with Crippen LogP contribution in [0.25, 0.3) is 17.2 Å². The molecule has 1 aliphatic heterocycles. The number of aromatic nitrogens is 1. The van der Waals surface area contributed by atoms with Crippen molar-refractivity contribution in [3.05, 3.63) is 72.1 Å². The van der Waals surface area contributed by atoms with E-state index < -0.39 is 0 Å². The van der Waals surface area contributed by atoms with Crippen molar-refractivity contribution in [1.29, 1.82) is 0 Å². The van der Waals surface area contributed by atoms with Crippen LogP contribution in [0.1, 0.15) is 24.3 Å². The Balaban J connectivity index is 1.25. The fraction of sp³-hybridized carbons (Fsp3) is 0.273. The minimum Gasteiger partial charge on any atom is -0.437 e. The number of amides is 1. The number of nitrogens with one attached hydrogen (secondary N) is 1. The summed E-state index contributed by atoms with van der Waals surface area (Å²) in [5, 5.41) is 3.09. The Hall–Kier alpha value is -2.92. The SMILES string of the molecule is O=C(/C=C/c1nc2ccccc2o1)NC1CCN(Cc2ccccc2)CC1. The van der Waals surface area contributed by atoms with Crippen LogP contribution in [-0.2, 0) is 11.3 Å². The van der Waals surface area contributed by atoms with Crippen molar-refractivity contribution in [2.24, 2.45) is 0 Å². The molecule has 5 heteroatoms. The van der Waals surface area contributed by atoms with Gasteiger partial charge in [-0.15, -0.1) is 0 Å². The Morgan fingerprint density at radius 1 is 1.11 bits per heavy atom. The molecule has 2 heterocycles. The highest BCUT2D eigenvalue weighted by molar-refractivity contribution is 5.91. The quantitative estimate of drug-likeness (QED) is 0.705. The van der Waals surface area contributed by atoms with E-state index in [9.17, 15) is 4.79 Å². The summed E-state index contributed by atoms with van der Waals surface area (Å²) in [5.41, 5.74) is 2.85. The summed E-state index contributed by atoms with van der Waals surface area (Å²) in [6.45, 7) is 2.96. The van der Waals surface area contributed by atoms with Crippen LogP contribution in [0.15, 0.2) is 65.1 Å². The van der Waals surface area contributed by atoms with E-state index >= 15 is 0 Å². The summed E-state index contributed by atoms with van der Waals surface area (Å²) in [6.07, 6.45) is 5.06. The summed E-state index contributed by atoms with van der Waals surface area (Å²) < 4.78 is 5.59. The van der Waals surface area contributed by atoms with Gasteiger partial charge >= 0.3 is 0 Å². The average Bonchev–Trinajstić information content (AvgIpc) is 3.12. The topological polar surface area (TPSA) is 58.4 Å². The first-order valence-corrected chi connectivity index (χ1v) is 9.37. The largest absolute Gasteiger partial charge is 0.437 e. The zero-order valence-corrected chi connectivity index (χ0v) is 15.2. The van der Waals surface area contributed by atoms with Crippen molar-refractivity contribution >= 4 is 23.1 Å². The molecule has 0 atom stereocenters. The third-order valence-electron chi connectivity index (χ3n) is 4.87. The molecule has 0 bridgehead atoms. The van der Waals surface area contributed by atoms with Crippen molar-refractivity contribution in [2.75, 3.05) is 13.1 Å². The number of hydrogen-bond acceptors (Lipinski definition) is 4. The lowest BCUT2D eigenvalue weighted by Crippen LogP contribution is -2.43. The second-order valence-corrected chi connectivity index (χ2v) is 6.90. The van der Waals surface area contributed by atoms with Gasteiger partial charge in [0.25, 0.3) is 0 Å². The summed E-state index contributed by atoms with van der Waals surface area (Å²) in [4.78, 5) is 19.0. The van der Waals surface area contributed by atoms with Crippen molar-refractivity contribution in [3.8, 4) is 0 Å². The zero-order chi connectivity index (χ0) is 18.5. The van der Waals surface area contributed by atoms with Crippen molar-refractivity contribution < 1.29 is 9.21 Å². The fourth-order valence-electron chi connectivity index (χ4n) is 3.43. The minimum absolute atomic E-state index is 0.0984. The molecule has 2 aromatic carbocycles. The number of para-hydroxylation sites is 2. The molecule has 138 valence electrons. The molecule has 0 spiro atoms. The molecule has 1 N–H and O–H groups in total. The number of carbonyl (C=O) groups excluding carboxylic acids is 1. The first-order chi connectivity index (χ1) is 13.3. The van der Waals surface area contributed by atoms with E-state index in [0.717, 1.165) is 43.6 Å². The van der Waals surface area contributed by atoms with Gasteiger partial charge in [0, 0.05) is 37.8 Å². The van der Waals surface area contributed by atoms with E-state index in [4.69, 9.17) is 4.42 Å². The third kappa shape index (κ3) is 4.63. The number of hydrogen-bond donors (Lipinski definition) is 1. The maximum Gasteiger partial charge on any atom is 0.244 e. The highest BCUT2D eigenvalue weighted by Gasteiger charge is 2.20. The van der Waals surface area contributed by atoms with Crippen LogP contribution in [0.5, 0.6) is 0 Å².